The summed E-state index contributed by atoms with van der Waals surface area (Å²) < 4.78 is 5.49. The fraction of sp³-hybridized carbons (Fsp3) is 0.333. The summed E-state index contributed by atoms with van der Waals surface area (Å²) in [7, 11) is 0. The summed E-state index contributed by atoms with van der Waals surface area (Å²) >= 11 is 0. The smallest absolute Gasteiger partial charge is 0.317 e. The van der Waals surface area contributed by atoms with Gasteiger partial charge in [0.1, 0.15) is 12.4 Å². The zero-order chi connectivity index (χ0) is 12.1. The number of benzene rings is 1. The number of urea groups is 1. The van der Waals surface area contributed by atoms with E-state index in [-0.39, 0.29) is 6.03 Å². The van der Waals surface area contributed by atoms with Gasteiger partial charge in [0.05, 0.1) is 18.2 Å². The fourth-order valence-electron chi connectivity index (χ4n) is 1.65. The van der Waals surface area contributed by atoms with E-state index in [1.165, 1.54) is 0 Å². The molecule has 1 heterocycles. The van der Waals surface area contributed by atoms with Crippen LogP contribution in [-0.2, 0) is 0 Å². The second-order valence-electron chi connectivity index (χ2n) is 3.71. The quantitative estimate of drug-likeness (QED) is 0.839. The molecule has 0 atom stereocenters. The van der Waals surface area contributed by atoms with Crippen LogP contribution in [0, 0.1) is 11.3 Å². The highest BCUT2D eigenvalue weighted by Gasteiger charge is 2.18. The van der Waals surface area contributed by atoms with Crippen LogP contribution in [0.15, 0.2) is 24.3 Å². The van der Waals surface area contributed by atoms with E-state index < -0.39 is 0 Å². The summed E-state index contributed by atoms with van der Waals surface area (Å²) in [4.78, 5) is 12.9. The molecule has 0 saturated carbocycles. The molecule has 2 amide bonds. The molecule has 0 aliphatic carbocycles. The van der Waals surface area contributed by atoms with Crippen LogP contribution in [0.1, 0.15) is 5.56 Å². The van der Waals surface area contributed by atoms with Crippen LogP contribution in [0.4, 0.5) is 4.79 Å². The van der Waals surface area contributed by atoms with Gasteiger partial charge in [0.2, 0.25) is 0 Å². The molecule has 5 heteroatoms. The number of nitriles is 1. The Hall–Kier alpha value is -2.22. The molecule has 0 unspecified atom stereocenters. The third kappa shape index (κ3) is 2.88. The highest BCUT2D eigenvalue weighted by atomic mass is 16.5. The summed E-state index contributed by atoms with van der Waals surface area (Å²) in [6.45, 7) is 2.41. The second-order valence-corrected chi connectivity index (χ2v) is 3.71. The van der Waals surface area contributed by atoms with Gasteiger partial charge < -0.3 is 15.0 Å². The van der Waals surface area contributed by atoms with E-state index in [9.17, 15) is 4.79 Å². The van der Waals surface area contributed by atoms with Gasteiger partial charge in [-0.05, 0) is 18.2 Å². The maximum absolute atomic E-state index is 11.2. The number of amides is 2. The summed E-state index contributed by atoms with van der Waals surface area (Å²) in [5, 5.41) is 11.5. The van der Waals surface area contributed by atoms with Crippen LogP contribution >= 0.6 is 0 Å². The van der Waals surface area contributed by atoms with Crippen LogP contribution in [0.5, 0.6) is 5.75 Å². The van der Waals surface area contributed by atoms with Crippen molar-refractivity contribution in [3.05, 3.63) is 29.8 Å². The number of carbonyl (C=O) groups excluding carboxylic acids is 1. The molecular weight excluding hydrogens is 218 g/mol. The van der Waals surface area contributed by atoms with Crippen molar-refractivity contribution in [3.8, 4) is 11.8 Å². The third-order valence-electron chi connectivity index (χ3n) is 2.54. The summed E-state index contributed by atoms with van der Waals surface area (Å²) in [5.74, 6) is 0.656. The van der Waals surface area contributed by atoms with E-state index in [4.69, 9.17) is 10.00 Å². The van der Waals surface area contributed by atoms with Crippen molar-refractivity contribution in [2.24, 2.45) is 0 Å². The Morgan fingerprint density at radius 1 is 1.53 bits per heavy atom. The molecule has 0 aromatic heterocycles. The first kappa shape index (κ1) is 11.3. The van der Waals surface area contributed by atoms with Gasteiger partial charge in [0.25, 0.3) is 0 Å². The lowest BCUT2D eigenvalue weighted by atomic mass is 10.2. The van der Waals surface area contributed by atoms with Gasteiger partial charge in [0.15, 0.2) is 0 Å². The Bertz CT molecular complexity index is 453. The van der Waals surface area contributed by atoms with Crippen LogP contribution in [0.2, 0.25) is 0 Å². The number of hydrogen-bond donors (Lipinski definition) is 1. The minimum atomic E-state index is -0.0422. The maximum Gasteiger partial charge on any atom is 0.317 e. The normalized spacial score (nSPS) is 14.3. The number of rotatable bonds is 4. The highest BCUT2D eigenvalue weighted by molar-refractivity contribution is 5.76. The number of nitrogens with one attached hydrogen (secondary N) is 1. The van der Waals surface area contributed by atoms with Crippen molar-refractivity contribution in [3.63, 3.8) is 0 Å². The van der Waals surface area contributed by atoms with Gasteiger partial charge in [-0.15, -0.1) is 0 Å². The highest BCUT2D eigenvalue weighted by Crippen LogP contribution is 2.12. The lowest BCUT2D eigenvalue weighted by Crippen LogP contribution is -2.31. The van der Waals surface area contributed by atoms with Gasteiger partial charge in [-0.25, -0.2) is 4.79 Å². The summed E-state index contributed by atoms with van der Waals surface area (Å²) in [5.41, 5.74) is 0.571. The van der Waals surface area contributed by atoms with Gasteiger partial charge in [0, 0.05) is 13.1 Å². The number of hydrogen-bond acceptors (Lipinski definition) is 3. The molecule has 5 nitrogen and oxygen atoms in total. The van der Waals surface area contributed by atoms with Gasteiger partial charge in [-0.2, -0.15) is 5.26 Å². The molecule has 0 radical (unpaired) electrons. The molecule has 1 saturated heterocycles. The van der Waals surface area contributed by atoms with Gasteiger partial charge >= 0.3 is 6.03 Å². The Kier molecular flexibility index (Phi) is 3.46. The molecule has 1 aliphatic heterocycles. The summed E-state index contributed by atoms with van der Waals surface area (Å²) in [6, 6.07) is 8.99. The molecule has 1 aromatic rings. The van der Waals surface area contributed by atoms with Crippen molar-refractivity contribution < 1.29 is 9.53 Å². The Labute approximate surface area is 99.6 Å². The fourth-order valence-corrected chi connectivity index (χ4v) is 1.65. The molecule has 2 rings (SSSR count). The Morgan fingerprint density at radius 3 is 3.12 bits per heavy atom. The average Bonchev–Trinajstić information content (AvgIpc) is 2.76. The third-order valence-corrected chi connectivity index (χ3v) is 2.54. The minimum absolute atomic E-state index is 0.0422. The van der Waals surface area contributed by atoms with E-state index in [2.05, 4.69) is 11.4 Å². The van der Waals surface area contributed by atoms with Crippen LogP contribution in [0.25, 0.3) is 0 Å². The second kappa shape index (κ2) is 5.21. The van der Waals surface area contributed by atoms with E-state index in [1.807, 2.05) is 0 Å². The lowest BCUT2D eigenvalue weighted by Gasteiger charge is -2.14. The minimum Gasteiger partial charge on any atom is -0.492 e. The number of carbonyl (C=O) groups is 1. The molecule has 88 valence electrons. The first-order valence-electron chi connectivity index (χ1n) is 5.45. The molecule has 0 spiro atoms. The van der Waals surface area contributed by atoms with Crippen LogP contribution < -0.4 is 10.1 Å². The molecule has 1 N–H and O–H groups in total. The first-order chi connectivity index (χ1) is 8.29. The van der Waals surface area contributed by atoms with Crippen molar-refractivity contribution in [1.82, 2.24) is 10.2 Å². The predicted molar refractivity (Wildman–Crippen MR) is 61.6 cm³/mol. The standard InChI is InChI=1S/C12H13N3O2/c13-9-10-2-1-3-11(8-10)17-7-6-15-5-4-14-12(15)16/h1-3,8H,4-7H2,(H,14,16). The van der Waals surface area contributed by atoms with Crippen LogP contribution in [-0.4, -0.2) is 37.2 Å². The van der Waals surface area contributed by atoms with Gasteiger partial charge in [-0.1, -0.05) is 6.07 Å². The lowest BCUT2D eigenvalue weighted by molar-refractivity contribution is 0.202. The predicted octanol–water partition coefficient (Wildman–Crippen LogP) is 0.962. The van der Waals surface area contributed by atoms with E-state index in [0.29, 0.717) is 31.0 Å². The van der Waals surface area contributed by atoms with E-state index in [1.54, 1.807) is 29.2 Å². The largest absolute Gasteiger partial charge is 0.492 e. The van der Waals surface area contributed by atoms with Crippen molar-refractivity contribution in [2.75, 3.05) is 26.2 Å². The molecule has 1 fully saturated rings. The zero-order valence-electron chi connectivity index (χ0n) is 9.35. The monoisotopic (exact) mass is 231 g/mol. The first-order valence-corrected chi connectivity index (χ1v) is 5.45. The Balaban J connectivity index is 1.82. The maximum atomic E-state index is 11.2. The topological polar surface area (TPSA) is 65.4 Å². The molecule has 1 aliphatic rings. The van der Waals surface area contributed by atoms with Crippen LogP contribution in [0.3, 0.4) is 0 Å². The van der Waals surface area contributed by atoms with Crippen molar-refractivity contribution >= 4 is 6.03 Å². The molecule has 1 aromatic carbocycles. The van der Waals surface area contributed by atoms with E-state index in [0.717, 1.165) is 6.54 Å². The van der Waals surface area contributed by atoms with Crippen molar-refractivity contribution in [1.29, 1.82) is 5.26 Å². The SMILES string of the molecule is N#Cc1cccc(OCCN2CCNC2=O)c1. The average molecular weight is 231 g/mol. The Morgan fingerprint density at radius 2 is 2.41 bits per heavy atom. The van der Waals surface area contributed by atoms with Gasteiger partial charge in [-0.3, -0.25) is 0 Å². The van der Waals surface area contributed by atoms with E-state index >= 15 is 0 Å². The number of ether oxygens (including phenoxy) is 1. The summed E-state index contributed by atoms with van der Waals surface area (Å²) in [6.07, 6.45) is 0. The number of nitrogens with zero attached hydrogens (tertiary/aromatic N) is 2. The molecule has 0 bridgehead atoms. The molecule has 17 heavy (non-hydrogen) atoms. The zero-order valence-corrected chi connectivity index (χ0v) is 9.35. The molecular formula is C12H13N3O2. The van der Waals surface area contributed by atoms with Crippen molar-refractivity contribution in [2.45, 2.75) is 0 Å².